The first-order valence-corrected chi connectivity index (χ1v) is 10.7. The number of hydrogen-bond acceptors (Lipinski definition) is 4. The molecule has 0 aliphatic carbocycles. The largest absolute Gasteiger partial charge is 0.493 e. The summed E-state index contributed by atoms with van der Waals surface area (Å²) in [5, 5.41) is 6.41. The highest BCUT2D eigenvalue weighted by Gasteiger charge is 2.28. The fourth-order valence-electron chi connectivity index (χ4n) is 2.62. The van der Waals surface area contributed by atoms with Crippen LogP contribution < -0.4 is 15.4 Å². The smallest absolute Gasteiger partial charge is 0.191 e. The Kier molecular flexibility index (Phi) is 9.70. The molecule has 1 aliphatic rings. The first-order valence-electron chi connectivity index (χ1n) is 8.85. The second-order valence-corrected chi connectivity index (χ2v) is 8.98. The molecule has 2 rings (SSSR count). The number of guanidine groups is 1. The number of sulfone groups is 1. The van der Waals surface area contributed by atoms with E-state index in [1.165, 1.54) is 0 Å². The third kappa shape index (κ3) is 7.69. The van der Waals surface area contributed by atoms with Crippen molar-refractivity contribution in [2.75, 3.05) is 24.7 Å². The van der Waals surface area contributed by atoms with Gasteiger partial charge >= 0.3 is 0 Å². The zero-order valence-electron chi connectivity index (χ0n) is 15.7. The maximum Gasteiger partial charge on any atom is 0.191 e. The van der Waals surface area contributed by atoms with Crippen LogP contribution in [-0.2, 0) is 16.4 Å². The van der Waals surface area contributed by atoms with Crippen LogP contribution in [0.5, 0.6) is 5.75 Å². The molecule has 1 heterocycles. The third-order valence-corrected chi connectivity index (χ3v) is 5.64. The number of ether oxygens (including phenoxy) is 1. The molecule has 1 aromatic rings. The van der Waals surface area contributed by atoms with Crippen molar-refractivity contribution in [3.05, 3.63) is 29.8 Å². The van der Waals surface area contributed by atoms with Crippen LogP contribution in [0.4, 0.5) is 0 Å². The van der Waals surface area contributed by atoms with Gasteiger partial charge in [0.1, 0.15) is 5.75 Å². The molecule has 26 heavy (non-hydrogen) atoms. The summed E-state index contributed by atoms with van der Waals surface area (Å²) in [6.45, 7) is 8.08. The van der Waals surface area contributed by atoms with Gasteiger partial charge in [0.2, 0.25) is 0 Å². The number of nitrogens with zero attached hydrogens (tertiary/aromatic N) is 1. The van der Waals surface area contributed by atoms with E-state index in [4.69, 9.17) is 4.74 Å². The molecule has 148 valence electrons. The molecule has 1 atom stereocenters. The van der Waals surface area contributed by atoms with E-state index in [0.717, 1.165) is 17.9 Å². The van der Waals surface area contributed by atoms with Crippen LogP contribution in [0, 0.1) is 5.92 Å². The molecule has 1 fully saturated rings. The predicted octanol–water partition coefficient (Wildman–Crippen LogP) is 2.58. The van der Waals surface area contributed by atoms with Crippen molar-refractivity contribution < 1.29 is 13.2 Å². The quantitative estimate of drug-likeness (QED) is 0.346. The molecule has 1 unspecified atom stereocenters. The number of aliphatic imine (C=N–C) groups is 1. The first-order chi connectivity index (χ1) is 11.9. The molecule has 2 N–H and O–H groups in total. The topological polar surface area (TPSA) is 79.8 Å². The molecule has 1 saturated heterocycles. The second-order valence-electron chi connectivity index (χ2n) is 6.75. The number of halogens is 1. The van der Waals surface area contributed by atoms with Gasteiger partial charge in [-0.3, -0.25) is 0 Å². The summed E-state index contributed by atoms with van der Waals surface area (Å²) in [7, 11) is -2.91. The van der Waals surface area contributed by atoms with Gasteiger partial charge in [-0.05, 0) is 25.3 Å². The Morgan fingerprint density at radius 1 is 1.35 bits per heavy atom. The summed E-state index contributed by atoms with van der Waals surface area (Å²) in [5.74, 6) is 2.36. The van der Waals surface area contributed by atoms with E-state index in [1.807, 2.05) is 31.2 Å². The fraction of sp³-hybridized carbons (Fsp3) is 0.611. The molecule has 0 radical (unpaired) electrons. The van der Waals surface area contributed by atoms with Crippen molar-refractivity contribution in [3.63, 3.8) is 0 Å². The highest BCUT2D eigenvalue weighted by Crippen LogP contribution is 2.19. The minimum atomic E-state index is -2.91. The minimum absolute atomic E-state index is 0. The van der Waals surface area contributed by atoms with E-state index >= 15 is 0 Å². The number of rotatable bonds is 7. The summed E-state index contributed by atoms with van der Waals surface area (Å²) in [5.41, 5.74) is 1.01. The molecule has 6 nitrogen and oxygen atoms in total. The average Bonchev–Trinajstić information content (AvgIpc) is 2.90. The van der Waals surface area contributed by atoms with Crippen molar-refractivity contribution in [2.24, 2.45) is 10.9 Å². The predicted molar refractivity (Wildman–Crippen MR) is 117 cm³/mol. The van der Waals surface area contributed by atoms with E-state index in [1.54, 1.807) is 0 Å². The van der Waals surface area contributed by atoms with Crippen LogP contribution in [-0.4, -0.2) is 45.1 Å². The monoisotopic (exact) mass is 495 g/mol. The number of para-hydroxylation sites is 1. The summed E-state index contributed by atoms with van der Waals surface area (Å²) < 4.78 is 29.1. The van der Waals surface area contributed by atoms with Gasteiger partial charge in [-0.15, -0.1) is 24.0 Å². The van der Waals surface area contributed by atoms with Gasteiger partial charge in [-0.1, -0.05) is 32.0 Å². The van der Waals surface area contributed by atoms with Crippen LogP contribution in [0.2, 0.25) is 0 Å². The molecular formula is C18H30IN3O3S. The lowest BCUT2D eigenvalue weighted by atomic mass is 10.2. The summed E-state index contributed by atoms with van der Waals surface area (Å²) in [6.07, 6.45) is 0.626. The lowest BCUT2D eigenvalue weighted by Gasteiger charge is -2.16. The molecule has 8 heteroatoms. The highest BCUT2D eigenvalue weighted by atomic mass is 127. The Balaban J connectivity index is 0.00000338. The van der Waals surface area contributed by atoms with E-state index in [2.05, 4.69) is 29.5 Å². The van der Waals surface area contributed by atoms with Crippen molar-refractivity contribution in [2.45, 2.75) is 39.8 Å². The lowest BCUT2D eigenvalue weighted by molar-refractivity contribution is 0.268. The molecule has 0 amide bonds. The van der Waals surface area contributed by atoms with Crippen LogP contribution >= 0.6 is 24.0 Å². The molecule has 1 aromatic carbocycles. The molecule has 1 aliphatic heterocycles. The fourth-order valence-corrected chi connectivity index (χ4v) is 4.29. The Morgan fingerprint density at radius 3 is 2.69 bits per heavy atom. The third-order valence-electron chi connectivity index (χ3n) is 3.87. The Morgan fingerprint density at radius 2 is 2.08 bits per heavy atom. The molecule has 0 aromatic heterocycles. The highest BCUT2D eigenvalue weighted by molar-refractivity contribution is 14.0. The molecule has 0 spiro atoms. The Hall–Kier alpha value is -1.03. The number of benzene rings is 1. The molecule has 0 bridgehead atoms. The minimum Gasteiger partial charge on any atom is -0.493 e. The Labute approximate surface area is 174 Å². The van der Waals surface area contributed by atoms with Gasteiger partial charge < -0.3 is 15.4 Å². The van der Waals surface area contributed by atoms with Gasteiger partial charge in [0.05, 0.1) is 24.7 Å². The van der Waals surface area contributed by atoms with E-state index in [9.17, 15) is 8.42 Å². The van der Waals surface area contributed by atoms with Crippen molar-refractivity contribution in [3.8, 4) is 5.75 Å². The summed E-state index contributed by atoms with van der Waals surface area (Å²) in [4.78, 5) is 4.60. The van der Waals surface area contributed by atoms with E-state index in [-0.39, 0.29) is 41.5 Å². The van der Waals surface area contributed by atoms with Gasteiger partial charge in [0.25, 0.3) is 0 Å². The zero-order chi connectivity index (χ0) is 18.3. The van der Waals surface area contributed by atoms with Gasteiger partial charge in [-0.25, -0.2) is 13.4 Å². The van der Waals surface area contributed by atoms with Crippen LogP contribution in [0.1, 0.15) is 32.8 Å². The van der Waals surface area contributed by atoms with E-state index in [0.29, 0.717) is 31.4 Å². The van der Waals surface area contributed by atoms with Gasteiger partial charge in [-0.2, -0.15) is 0 Å². The summed E-state index contributed by atoms with van der Waals surface area (Å²) >= 11 is 0. The number of hydrogen-bond donors (Lipinski definition) is 2. The molecular weight excluding hydrogens is 465 g/mol. The maximum absolute atomic E-state index is 11.6. The van der Waals surface area contributed by atoms with E-state index < -0.39 is 9.84 Å². The second kappa shape index (κ2) is 11.0. The zero-order valence-corrected chi connectivity index (χ0v) is 18.8. The normalized spacial score (nSPS) is 19.1. The van der Waals surface area contributed by atoms with Crippen LogP contribution in [0.3, 0.4) is 0 Å². The standard InChI is InChI=1S/C18H29N3O3S.HI/c1-4-19-18(21-16-9-10-25(22,23)13-16)20-11-15-7-5-6-8-17(15)24-12-14(2)3;/h5-8,14,16H,4,9-13H2,1-3H3,(H2,19,20,21);1H. The van der Waals surface area contributed by atoms with Crippen molar-refractivity contribution >= 4 is 39.8 Å². The number of nitrogens with one attached hydrogen (secondary N) is 2. The molecule has 0 saturated carbocycles. The van der Waals surface area contributed by atoms with Gasteiger partial charge in [0.15, 0.2) is 15.8 Å². The Bertz CT molecular complexity index is 693. The van der Waals surface area contributed by atoms with Crippen LogP contribution in [0.25, 0.3) is 0 Å². The maximum atomic E-state index is 11.6. The summed E-state index contributed by atoms with van der Waals surface area (Å²) in [6, 6.07) is 7.81. The van der Waals surface area contributed by atoms with Crippen molar-refractivity contribution in [1.29, 1.82) is 0 Å². The van der Waals surface area contributed by atoms with Crippen molar-refractivity contribution in [1.82, 2.24) is 10.6 Å². The SMILES string of the molecule is CCNC(=NCc1ccccc1OCC(C)C)NC1CCS(=O)(=O)C1.I. The first kappa shape index (κ1) is 23.0. The van der Waals surface area contributed by atoms with Crippen LogP contribution in [0.15, 0.2) is 29.3 Å². The van der Waals surface area contributed by atoms with Gasteiger partial charge in [0, 0.05) is 18.2 Å². The lowest BCUT2D eigenvalue weighted by Crippen LogP contribution is -2.44. The average molecular weight is 495 g/mol.